The average Bonchev–Trinajstić information content (AvgIpc) is 2.01. The molecule has 1 N–H and O–H groups in total. The van der Waals surface area contributed by atoms with Gasteiger partial charge in [0.25, 0.3) is 0 Å². The molecule has 0 aromatic carbocycles. The maximum absolute atomic E-state index is 11.7. The highest BCUT2D eigenvalue weighted by atomic mass is 33.1. The summed E-state index contributed by atoms with van der Waals surface area (Å²) < 4.78 is 11.7. The van der Waals surface area contributed by atoms with Crippen LogP contribution in [0.3, 0.4) is 0 Å². The molecule has 92 valence electrons. The van der Waals surface area contributed by atoms with Crippen molar-refractivity contribution in [2.24, 2.45) is 11.8 Å². The minimum atomic E-state index is -2.97. The van der Waals surface area contributed by atoms with Crippen molar-refractivity contribution in [3.63, 3.8) is 0 Å². The SMILES string of the molecule is CC(C)CCSP(=O)(O)SCCC(C)C. The van der Waals surface area contributed by atoms with Crippen molar-refractivity contribution in [3.8, 4) is 0 Å². The summed E-state index contributed by atoms with van der Waals surface area (Å²) in [4.78, 5) is 9.62. The van der Waals surface area contributed by atoms with Crippen molar-refractivity contribution < 1.29 is 9.46 Å². The zero-order chi connectivity index (χ0) is 11.9. The Bertz CT molecular complexity index is 190. The highest BCUT2D eigenvalue weighted by Gasteiger charge is 2.19. The van der Waals surface area contributed by atoms with Crippen molar-refractivity contribution in [2.75, 3.05) is 11.5 Å². The van der Waals surface area contributed by atoms with Crippen molar-refractivity contribution in [2.45, 2.75) is 40.5 Å². The van der Waals surface area contributed by atoms with Gasteiger partial charge in [-0.1, -0.05) is 50.5 Å². The predicted octanol–water partition coefficient (Wildman–Crippen LogP) is 4.65. The summed E-state index contributed by atoms with van der Waals surface area (Å²) in [5, 5.41) is 0. The molecule has 5 heteroatoms. The quantitative estimate of drug-likeness (QED) is 0.652. The molecule has 0 spiro atoms. The third kappa shape index (κ3) is 11.2. The first-order valence-electron chi connectivity index (χ1n) is 5.45. The smallest absolute Gasteiger partial charge is 0.310 e. The molecule has 0 aliphatic heterocycles. The van der Waals surface area contributed by atoms with Crippen LogP contribution in [-0.2, 0) is 4.57 Å². The second kappa shape index (κ2) is 8.05. The topological polar surface area (TPSA) is 37.3 Å². The molecular formula is C10H23O2PS2. The first kappa shape index (κ1) is 15.9. The molecule has 0 aromatic rings. The molecule has 0 saturated heterocycles. The van der Waals surface area contributed by atoms with Gasteiger partial charge in [-0.05, 0) is 24.7 Å². The molecule has 0 radical (unpaired) electrons. The third-order valence-electron chi connectivity index (χ3n) is 1.90. The standard InChI is InChI=1S/C10H23O2PS2/c1-9(2)5-7-14-13(11,12)15-8-6-10(3)4/h9-10H,5-8H2,1-4H3,(H,11,12). The van der Waals surface area contributed by atoms with Crippen LogP contribution in [0, 0.1) is 11.8 Å². The normalized spacial score (nSPS) is 12.7. The molecule has 0 atom stereocenters. The van der Waals surface area contributed by atoms with Gasteiger partial charge in [-0.15, -0.1) is 0 Å². The van der Waals surface area contributed by atoms with Gasteiger partial charge in [-0.2, -0.15) is 0 Å². The van der Waals surface area contributed by atoms with E-state index in [-0.39, 0.29) is 0 Å². The van der Waals surface area contributed by atoms with Crippen LogP contribution in [0.4, 0.5) is 0 Å². The second-order valence-electron chi connectivity index (χ2n) is 4.50. The van der Waals surface area contributed by atoms with E-state index in [9.17, 15) is 9.46 Å². The Hall–Kier alpha value is 0.890. The van der Waals surface area contributed by atoms with Gasteiger partial charge < -0.3 is 4.89 Å². The first-order valence-corrected chi connectivity index (χ1v) is 10.3. The van der Waals surface area contributed by atoms with Crippen LogP contribution in [-0.4, -0.2) is 16.4 Å². The Morgan fingerprint density at radius 2 is 1.33 bits per heavy atom. The molecule has 0 heterocycles. The van der Waals surface area contributed by atoms with Crippen molar-refractivity contribution in [1.29, 1.82) is 0 Å². The second-order valence-corrected chi connectivity index (χ2v) is 12.0. The van der Waals surface area contributed by atoms with Crippen molar-refractivity contribution >= 4 is 28.5 Å². The fourth-order valence-electron chi connectivity index (χ4n) is 0.845. The summed E-state index contributed by atoms with van der Waals surface area (Å²) in [6.45, 7) is 8.53. The molecule has 0 aliphatic rings. The van der Waals surface area contributed by atoms with Gasteiger partial charge in [0.15, 0.2) is 0 Å². The fraction of sp³-hybridized carbons (Fsp3) is 1.00. The summed E-state index contributed by atoms with van der Waals surface area (Å²) in [5.41, 5.74) is 0. The van der Waals surface area contributed by atoms with E-state index in [2.05, 4.69) is 27.7 Å². The predicted molar refractivity (Wildman–Crippen MR) is 73.7 cm³/mol. The summed E-state index contributed by atoms with van der Waals surface area (Å²) >= 11 is 2.47. The molecule has 2 nitrogen and oxygen atoms in total. The lowest BCUT2D eigenvalue weighted by Crippen LogP contribution is -1.90. The molecule has 0 unspecified atom stereocenters. The molecule has 0 aliphatic carbocycles. The van der Waals surface area contributed by atoms with E-state index in [4.69, 9.17) is 0 Å². The lowest BCUT2D eigenvalue weighted by Gasteiger charge is -2.11. The zero-order valence-corrected chi connectivity index (χ0v) is 12.6. The lowest BCUT2D eigenvalue weighted by molar-refractivity contribution is 0.514. The van der Waals surface area contributed by atoms with Gasteiger partial charge in [0.1, 0.15) is 0 Å². The van der Waals surface area contributed by atoms with E-state index in [1.54, 1.807) is 0 Å². The van der Waals surface area contributed by atoms with Gasteiger partial charge in [-0.3, -0.25) is 4.57 Å². The first-order chi connectivity index (χ1) is 6.83. The van der Waals surface area contributed by atoms with E-state index >= 15 is 0 Å². The highest BCUT2D eigenvalue weighted by molar-refractivity contribution is 8.88. The molecule has 0 amide bonds. The Kier molecular flexibility index (Phi) is 8.53. The summed E-state index contributed by atoms with van der Waals surface area (Å²) in [6.07, 6.45) is 2.03. The minimum Gasteiger partial charge on any atom is -0.329 e. The average molecular weight is 270 g/mol. The summed E-state index contributed by atoms with van der Waals surface area (Å²) in [6, 6.07) is 0. The molecule has 0 fully saturated rings. The molecule has 0 aromatic heterocycles. The van der Waals surface area contributed by atoms with Gasteiger partial charge in [-0.25, -0.2) is 0 Å². The minimum absolute atomic E-state index is 0.609. The van der Waals surface area contributed by atoms with Crippen molar-refractivity contribution in [3.05, 3.63) is 0 Å². The zero-order valence-electron chi connectivity index (χ0n) is 10.1. The summed E-state index contributed by atoms with van der Waals surface area (Å²) in [7, 11) is 0. The van der Waals surface area contributed by atoms with Crippen LogP contribution < -0.4 is 0 Å². The molecule has 0 saturated carbocycles. The maximum Gasteiger partial charge on any atom is 0.310 e. The van der Waals surface area contributed by atoms with Gasteiger partial charge in [0.2, 0.25) is 0 Å². The van der Waals surface area contributed by atoms with Crippen LogP contribution in [0.25, 0.3) is 0 Å². The van der Waals surface area contributed by atoms with E-state index < -0.39 is 5.77 Å². The number of hydrogen-bond donors (Lipinski definition) is 1. The van der Waals surface area contributed by atoms with Crippen LogP contribution >= 0.6 is 28.5 Å². The lowest BCUT2D eigenvalue weighted by atomic mass is 10.2. The Morgan fingerprint density at radius 3 is 1.60 bits per heavy atom. The molecule has 0 bridgehead atoms. The molecular weight excluding hydrogens is 247 g/mol. The third-order valence-corrected chi connectivity index (χ3v) is 8.34. The van der Waals surface area contributed by atoms with E-state index in [0.717, 1.165) is 24.3 Å². The maximum atomic E-state index is 11.7. The van der Waals surface area contributed by atoms with Crippen LogP contribution in [0.1, 0.15) is 40.5 Å². The van der Waals surface area contributed by atoms with Gasteiger partial charge in [0.05, 0.1) is 0 Å². The Labute approximate surface area is 102 Å². The number of rotatable bonds is 8. The van der Waals surface area contributed by atoms with Gasteiger partial charge >= 0.3 is 5.77 Å². The summed E-state index contributed by atoms with van der Waals surface area (Å²) in [5.74, 6) is -0.169. The molecule has 15 heavy (non-hydrogen) atoms. The van der Waals surface area contributed by atoms with Crippen LogP contribution in [0.5, 0.6) is 0 Å². The highest BCUT2D eigenvalue weighted by Crippen LogP contribution is 2.65. The van der Waals surface area contributed by atoms with E-state index in [0.29, 0.717) is 11.8 Å². The Morgan fingerprint density at radius 1 is 1.00 bits per heavy atom. The van der Waals surface area contributed by atoms with E-state index in [1.165, 1.54) is 22.8 Å². The Balaban J connectivity index is 3.63. The van der Waals surface area contributed by atoms with E-state index in [1.807, 2.05) is 0 Å². The van der Waals surface area contributed by atoms with Gasteiger partial charge in [0, 0.05) is 11.5 Å². The largest absolute Gasteiger partial charge is 0.329 e. The monoisotopic (exact) mass is 270 g/mol. The molecule has 0 rings (SSSR count). The van der Waals surface area contributed by atoms with Crippen LogP contribution in [0.2, 0.25) is 0 Å². The fourth-order valence-corrected chi connectivity index (χ4v) is 6.79. The van der Waals surface area contributed by atoms with Crippen LogP contribution in [0.15, 0.2) is 0 Å². The van der Waals surface area contributed by atoms with Crippen molar-refractivity contribution in [1.82, 2.24) is 0 Å². The number of hydrogen-bond acceptors (Lipinski definition) is 3.